The maximum absolute atomic E-state index is 12.8. The number of aryl methyl sites for hydroxylation is 2. The summed E-state index contributed by atoms with van der Waals surface area (Å²) in [5, 5.41) is 7.59. The highest BCUT2D eigenvalue weighted by molar-refractivity contribution is 6.05. The summed E-state index contributed by atoms with van der Waals surface area (Å²) in [6.45, 7) is 2.61. The van der Waals surface area contributed by atoms with Crippen molar-refractivity contribution in [2.45, 2.75) is 19.4 Å². The number of hydrogen-bond acceptors (Lipinski definition) is 3. The molecule has 1 N–H and O–H groups in total. The molecule has 2 heterocycles. The van der Waals surface area contributed by atoms with E-state index in [1.165, 1.54) is 5.56 Å². The van der Waals surface area contributed by atoms with Crippen molar-refractivity contribution in [3.63, 3.8) is 0 Å². The lowest BCUT2D eigenvalue weighted by Crippen LogP contribution is -2.39. The van der Waals surface area contributed by atoms with Crippen molar-refractivity contribution < 1.29 is 4.79 Å². The number of carbonyl (C=O) groups is 1. The average molecular weight is 284 g/mol. The molecule has 1 atom stereocenters. The molecule has 1 aromatic heterocycles. The zero-order valence-corrected chi connectivity index (χ0v) is 12.6. The third kappa shape index (κ3) is 2.34. The van der Waals surface area contributed by atoms with Gasteiger partial charge in [-0.3, -0.25) is 9.48 Å². The van der Waals surface area contributed by atoms with E-state index in [-0.39, 0.29) is 5.91 Å². The van der Waals surface area contributed by atoms with Crippen LogP contribution >= 0.6 is 0 Å². The number of amides is 1. The molecule has 0 fully saturated rings. The molecular weight excluding hydrogens is 264 g/mol. The molecular formula is C16H20N4O. The van der Waals surface area contributed by atoms with E-state index in [9.17, 15) is 4.79 Å². The van der Waals surface area contributed by atoms with Crippen LogP contribution in [0.25, 0.3) is 0 Å². The van der Waals surface area contributed by atoms with Gasteiger partial charge < -0.3 is 10.2 Å². The minimum atomic E-state index is 0.0140. The second-order valence-electron chi connectivity index (χ2n) is 5.44. The maximum atomic E-state index is 12.8. The Hall–Kier alpha value is -2.14. The van der Waals surface area contributed by atoms with Gasteiger partial charge in [-0.15, -0.1) is 0 Å². The first-order valence-corrected chi connectivity index (χ1v) is 7.20. The first-order valence-electron chi connectivity index (χ1n) is 7.20. The molecule has 1 aromatic carbocycles. The lowest BCUT2D eigenvalue weighted by atomic mass is 9.96. The van der Waals surface area contributed by atoms with E-state index in [0.717, 1.165) is 17.8 Å². The summed E-state index contributed by atoms with van der Waals surface area (Å²) in [4.78, 5) is 14.7. The summed E-state index contributed by atoms with van der Waals surface area (Å²) >= 11 is 0. The molecule has 5 heteroatoms. The van der Waals surface area contributed by atoms with Crippen LogP contribution in [-0.4, -0.2) is 29.3 Å². The molecule has 0 saturated heterocycles. The molecule has 110 valence electrons. The second kappa shape index (κ2) is 5.33. The quantitative estimate of drug-likeness (QED) is 0.918. The molecule has 1 unspecified atom stereocenters. The fourth-order valence-corrected chi connectivity index (χ4v) is 3.02. The number of fused-ring (bicyclic) bond motifs is 1. The van der Waals surface area contributed by atoms with Gasteiger partial charge in [-0.2, -0.15) is 5.10 Å². The highest BCUT2D eigenvalue weighted by Crippen LogP contribution is 2.34. The smallest absolute Gasteiger partial charge is 0.276 e. The Bertz CT molecular complexity index is 677. The second-order valence-corrected chi connectivity index (χ2v) is 5.44. The normalized spacial score (nSPS) is 17.7. The van der Waals surface area contributed by atoms with E-state index in [4.69, 9.17) is 0 Å². The number of nitrogens with one attached hydrogen (secondary N) is 1. The van der Waals surface area contributed by atoms with Crippen LogP contribution in [0.4, 0.5) is 5.69 Å². The fourth-order valence-electron chi connectivity index (χ4n) is 3.02. The summed E-state index contributed by atoms with van der Waals surface area (Å²) in [5.41, 5.74) is 3.66. The van der Waals surface area contributed by atoms with Crippen LogP contribution in [0.5, 0.6) is 0 Å². The van der Waals surface area contributed by atoms with Gasteiger partial charge in [0.1, 0.15) is 5.69 Å². The zero-order chi connectivity index (χ0) is 15.0. The van der Waals surface area contributed by atoms with Crippen molar-refractivity contribution in [2.24, 2.45) is 7.05 Å². The predicted molar refractivity (Wildman–Crippen MR) is 82.5 cm³/mol. The van der Waals surface area contributed by atoms with E-state index in [2.05, 4.69) is 16.5 Å². The summed E-state index contributed by atoms with van der Waals surface area (Å²) in [5.74, 6) is 0.0140. The first-order chi connectivity index (χ1) is 10.1. The molecule has 21 heavy (non-hydrogen) atoms. The van der Waals surface area contributed by atoms with Crippen LogP contribution in [-0.2, 0) is 7.05 Å². The molecule has 5 nitrogen and oxygen atoms in total. The Balaban J connectivity index is 2.00. The highest BCUT2D eigenvalue weighted by atomic mass is 16.2. The van der Waals surface area contributed by atoms with Crippen molar-refractivity contribution in [3.05, 3.63) is 47.3 Å². The Morgan fingerprint density at radius 2 is 2.14 bits per heavy atom. The van der Waals surface area contributed by atoms with Gasteiger partial charge >= 0.3 is 0 Å². The van der Waals surface area contributed by atoms with E-state index >= 15 is 0 Å². The average Bonchev–Trinajstić information content (AvgIpc) is 2.84. The van der Waals surface area contributed by atoms with Gasteiger partial charge in [0.25, 0.3) is 5.91 Å². The summed E-state index contributed by atoms with van der Waals surface area (Å²) in [6.07, 6.45) is 0.913. The number of rotatable bonds is 2. The Morgan fingerprint density at radius 3 is 2.81 bits per heavy atom. The number of carbonyl (C=O) groups excluding carboxylic acids is 1. The minimum Gasteiger partial charge on any atom is -0.313 e. The number of benzene rings is 1. The van der Waals surface area contributed by atoms with Crippen molar-refractivity contribution in [1.29, 1.82) is 0 Å². The molecule has 2 aromatic rings. The third-order valence-electron chi connectivity index (χ3n) is 4.06. The highest BCUT2D eigenvalue weighted by Gasteiger charge is 2.29. The largest absolute Gasteiger partial charge is 0.313 e. The van der Waals surface area contributed by atoms with Crippen LogP contribution in [0.1, 0.15) is 34.2 Å². The van der Waals surface area contributed by atoms with Gasteiger partial charge in [-0.05, 0) is 38.1 Å². The number of anilines is 1. The Morgan fingerprint density at radius 1 is 1.38 bits per heavy atom. The van der Waals surface area contributed by atoms with Gasteiger partial charge in [0.2, 0.25) is 0 Å². The molecule has 1 aliphatic heterocycles. The summed E-state index contributed by atoms with van der Waals surface area (Å²) < 4.78 is 1.66. The van der Waals surface area contributed by atoms with E-state index < -0.39 is 0 Å². The van der Waals surface area contributed by atoms with Gasteiger partial charge in [-0.25, -0.2) is 0 Å². The predicted octanol–water partition coefficient (Wildman–Crippen LogP) is 2.04. The van der Waals surface area contributed by atoms with Crippen LogP contribution in [0.2, 0.25) is 0 Å². The van der Waals surface area contributed by atoms with Crippen LogP contribution in [0.15, 0.2) is 30.3 Å². The molecule has 0 aliphatic carbocycles. The van der Waals surface area contributed by atoms with Crippen molar-refractivity contribution >= 4 is 11.6 Å². The minimum absolute atomic E-state index is 0.0140. The van der Waals surface area contributed by atoms with Gasteiger partial charge in [0.15, 0.2) is 0 Å². The van der Waals surface area contributed by atoms with Crippen LogP contribution in [0.3, 0.4) is 0 Å². The number of aromatic nitrogens is 2. The molecule has 0 saturated carbocycles. The summed E-state index contributed by atoms with van der Waals surface area (Å²) in [6, 6.07) is 10.2. The fraction of sp³-hybridized carbons (Fsp3) is 0.375. The van der Waals surface area contributed by atoms with E-state index in [1.54, 1.807) is 4.68 Å². The summed E-state index contributed by atoms with van der Waals surface area (Å²) in [7, 11) is 3.77. The van der Waals surface area contributed by atoms with Gasteiger partial charge in [0.05, 0.1) is 5.69 Å². The molecule has 3 rings (SSSR count). The number of para-hydroxylation sites is 1. The Labute approximate surface area is 124 Å². The standard InChI is InChI=1S/C16H20N4O/c1-11-10-15(19(3)18-11)16(21)20-9-8-13(17-2)12-6-4-5-7-14(12)20/h4-7,10,13,17H,8-9H2,1-3H3. The van der Waals surface area contributed by atoms with Gasteiger partial charge in [0, 0.05) is 25.3 Å². The number of nitrogens with zero attached hydrogens (tertiary/aromatic N) is 3. The van der Waals surface area contributed by atoms with Crippen LogP contribution in [0, 0.1) is 6.92 Å². The lowest BCUT2D eigenvalue weighted by molar-refractivity contribution is 0.0974. The van der Waals surface area contributed by atoms with Crippen molar-refractivity contribution in [3.8, 4) is 0 Å². The Kier molecular flexibility index (Phi) is 3.51. The molecule has 1 amide bonds. The molecule has 1 aliphatic rings. The third-order valence-corrected chi connectivity index (χ3v) is 4.06. The zero-order valence-electron chi connectivity index (χ0n) is 12.6. The SMILES string of the molecule is CNC1CCN(C(=O)c2cc(C)nn2C)c2ccccc21. The lowest BCUT2D eigenvalue weighted by Gasteiger charge is -2.34. The van der Waals surface area contributed by atoms with Crippen LogP contribution < -0.4 is 10.2 Å². The monoisotopic (exact) mass is 284 g/mol. The molecule has 0 spiro atoms. The first kappa shape index (κ1) is 13.8. The van der Waals surface area contributed by atoms with E-state index in [1.807, 2.05) is 50.2 Å². The van der Waals surface area contributed by atoms with Gasteiger partial charge in [-0.1, -0.05) is 18.2 Å². The maximum Gasteiger partial charge on any atom is 0.276 e. The molecule has 0 bridgehead atoms. The molecule has 0 radical (unpaired) electrons. The van der Waals surface area contributed by atoms with E-state index in [0.29, 0.717) is 18.3 Å². The van der Waals surface area contributed by atoms with Crippen molar-refractivity contribution in [2.75, 3.05) is 18.5 Å². The van der Waals surface area contributed by atoms with Crippen molar-refractivity contribution in [1.82, 2.24) is 15.1 Å². The number of hydrogen-bond donors (Lipinski definition) is 1. The topological polar surface area (TPSA) is 50.2 Å².